The Kier molecular flexibility index (Phi) is 4.10. The molecule has 2 rings (SSSR count). The van der Waals surface area contributed by atoms with Crippen molar-refractivity contribution in [1.29, 1.82) is 0 Å². The van der Waals surface area contributed by atoms with Crippen molar-refractivity contribution in [3.05, 3.63) is 29.8 Å². The second kappa shape index (κ2) is 5.61. The van der Waals surface area contributed by atoms with Gasteiger partial charge in [0.25, 0.3) is 0 Å². The summed E-state index contributed by atoms with van der Waals surface area (Å²) >= 11 is 0. The SMILES string of the molecule is CNC1(C(=O)OC)CCC(Oc2cccc(C)c2)C1. The van der Waals surface area contributed by atoms with Crippen LogP contribution in [0.3, 0.4) is 0 Å². The van der Waals surface area contributed by atoms with E-state index in [-0.39, 0.29) is 12.1 Å². The average Bonchev–Trinajstić information content (AvgIpc) is 2.82. The van der Waals surface area contributed by atoms with E-state index in [1.165, 1.54) is 12.7 Å². The number of aryl methyl sites for hydroxylation is 1. The maximum atomic E-state index is 11.9. The number of carbonyl (C=O) groups is 1. The number of methoxy groups -OCH3 is 1. The molecule has 4 nitrogen and oxygen atoms in total. The molecule has 1 aliphatic rings. The van der Waals surface area contributed by atoms with E-state index in [0.29, 0.717) is 6.42 Å². The first-order valence-electron chi connectivity index (χ1n) is 6.60. The van der Waals surface area contributed by atoms with Gasteiger partial charge in [-0.15, -0.1) is 0 Å². The Morgan fingerprint density at radius 2 is 2.26 bits per heavy atom. The molecule has 0 heterocycles. The van der Waals surface area contributed by atoms with E-state index in [4.69, 9.17) is 9.47 Å². The fourth-order valence-corrected chi connectivity index (χ4v) is 2.69. The van der Waals surface area contributed by atoms with Gasteiger partial charge in [0.05, 0.1) is 7.11 Å². The fourth-order valence-electron chi connectivity index (χ4n) is 2.69. The number of hydrogen-bond donors (Lipinski definition) is 1. The topological polar surface area (TPSA) is 47.6 Å². The summed E-state index contributed by atoms with van der Waals surface area (Å²) in [6.45, 7) is 2.04. The zero-order valence-electron chi connectivity index (χ0n) is 11.7. The van der Waals surface area contributed by atoms with Gasteiger partial charge in [-0.1, -0.05) is 12.1 Å². The molecule has 2 atom stereocenters. The van der Waals surface area contributed by atoms with Crippen molar-refractivity contribution in [2.75, 3.05) is 14.2 Å². The molecule has 1 aromatic carbocycles. The lowest BCUT2D eigenvalue weighted by molar-refractivity contribution is -0.148. The van der Waals surface area contributed by atoms with Gasteiger partial charge in [0.15, 0.2) is 0 Å². The van der Waals surface area contributed by atoms with Gasteiger partial charge >= 0.3 is 5.97 Å². The van der Waals surface area contributed by atoms with E-state index in [9.17, 15) is 4.79 Å². The standard InChI is InChI=1S/C15H21NO3/c1-11-5-4-6-12(9-11)19-13-7-8-15(10-13,16-2)14(17)18-3/h4-6,9,13,16H,7-8,10H2,1-3H3. The Morgan fingerprint density at radius 3 is 2.89 bits per heavy atom. The second-order valence-electron chi connectivity index (χ2n) is 5.12. The molecule has 4 heteroatoms. The summed E-state index contributed by atoms with van der Waals surface area (Å²) in [7, 11) is 3.22. The fraction of sp³-hybridized carbons (Fsp3) is 0.533. The third-order valence-corrected chi connectivity index (χ3v) is 3.82. The van der Waals surface area contributed by atoms with Crippen LogP contribution < -0.4 is 10.1 Å². The molecular formula is C15H21NO3. The van der Waals surface area contributed by atoms with Crippen LogP contribution in [0.15, 0.2) is 24.3 Å². The minimum absolute atomic E-state index is 0.0494. The Bertz CT molecular complexity index is 460. The first kappa shape index (κ1) is 13.9. The third-order valence-electron chi connectivity index (χ3n) is 3.82. The molecule has 0 spiro atoms. The highest BCUT2D eigenvalue weighted by molar-refractivity contribution is 5.81. The van der Waals surface area contributed by atoms with E-state index in [1.54, 1.807) is 7.05 Å². The van der Waals surface area contributed by atoms with Gasteiger partial charge < -0.3 is 14.8 Å². The van der Waals surface area contributed by atoms with Crippen LogP contribution in [-0.4, -0.2) is 31.8 Å². The number of ether oxygens (including phenoxy) is 2. The van der Waals surface area contributed by atoms with Gasteiger partial charge in [-0.2, -0.15) is 0 Å². The molecule has 19 heavy (non-hydrogen) atoms. The van der Waals surface area contributed by atoms with E-state index in [2.05, 4.69) is 5.32 Å². The Morgan fingerprint density at radius 1 is 1.47 bits per heavy atom. The molecule has 1 aliphatic carbocycles. The minimum atomic E-state index is -0.594. The van der Waals surface area contributed by atoms with Gasteiger partial charge in [-0.25, -0.2) is 0 Å². The summed E-state index contributed by atoms with van der Waals surface area (Å²) < 4.78 is 10.8. The normalized spacial score (nSPS) is 26.2. The van der Waals surface area contributed by atoms with Crippen LogP contribution in [-0.2, 0) is 9.53 Å². The highest BCUT2D eigenvalue weighted by Gasteiger charge is 2.46. The molecule has 1 fully saturated rings. The van der Waals surface area contributed by atoms with Gasteiger partial charge in [0, 0.05) is 6.42 Å². The molecule has 0 aromatic heterocycles. The van der Waals surface area contributed by atoms with Gasteiger partial charge in [0.1, 0.15) is 17.4 Å². The van der Waals surface area contributed by atoms with Crippen molar-refractivity contribution in [1.82, 2.24) is 5.32 Å². The lowest BCUT2D eigenvalue weighted by Gasteiger charge is -2.25. The quantitative estimate of drug-likeness (QED) is 0.845. The van der Waals surface area contributed by atoms with E-state index in [0.717, 1.165) is 18.6 Å². The highest BCUT2D eigenvalue weighted by Crippen LogP contribution is 2.33. The van der Waals surface area contributed by atoms with Crippen molar-refractivity contribution < 1.29 is 14.3 Å². The van der Waals surface area contributed by atoms with Crippen molar-refractivity contribution in [2.24, 2.45) is 0 Å². The summed E-state index contributed by atoms with van der Waals surface area (Å²) in [5.74, 6) is 0.659. The van der Waals surface area contributed by atoms with Gasteiger partial charge in [0.2, 0.25) is 0 Å². The zero-order chi connectivity index (χ0) is 13.9. The Balaban J connectivity index is 2.04. The zero-order valence-corrected chi connectivity index (χ0v) is 11.7. The molecule has 0 radical (unpaired) electrons. The number of rotatable bonds is 4. The van der Waals surface area contributed by atoms with Crippen molar-refractivity contribution >= 4 is 5.97 Å². The number of nitrogens with one attached hydrogen (secondary N) is 1. The van der Waals surface area contributed by atoms with E-state index in [1.807, 2.05) is 31.2 Å². The van der Waals surface area contributed by atoms with Crippen LogP contribution in [0.1, 0.15) is 24.8 Å². The molecule has 0 bridgehead atoms. The number of hydrogen-bond acceptors (Lipinski definition) is 4. The third kappa shape index (κ3) is 2.89. The Hall–Kier alpha value is -1.55. The molecule has 0 amide bonds. The van der Waals surface area contributed by atoms with E-state index >= 15 is 0 Å². The van der Waals surface area contributed by atoms with Gasteiger partial charge in [-0.05, 0) is 44.5 Å². The first-order valence-corrected chi connectivity index (χ1v) is 6.60. The van der Waals surface area contributed by atoms with Gasteiger partial charge in [-0.3, -0.25) is 4.79 Å². The molecule has 1 N–H and O–H groups in total. The van der Waals surface area contributed by atoms with Crippen LogP contribution in [0, 0.1) is 6.92 Å². The van der Waals surface area contributed by atoms with Crippen LogP contribution in [0.5, 0.6) is 5.75 Å². The smallest absolute Gasteiger partial charge is 0.326 e. The maximum Gasteiger partial charge on any atom is 0.326 e. The average molecular weight is 263 g/mol. The molecular weight excluding hydrogens is 242 g/mol. The summed E-state index contributed by atoms with van der Waals surface area (Å²) in [5, 5.41) is 3.10. The summed E-state index contributed by atoms with van der Waals surface area (Å²) in [6, 6.07) is 7.97. The van der Waals surface area contributed by atoms with Crippen molar-refractivity contribution in [3.63, 3.8) is 0 Å². The molecule has 2 unspecified atom stereocenters. The number of benzene rings is 1. The predicted molar refractivity (Wildman–Crippen MR) is 73.3 cm³/mol. The van der Waals surface area contributed by atoms with Crippen LogP contribution in [0.2, 0.25) is 0 Å². The largest absolute Gasteiger partial charge is 0.490 e. The summed E-state index contributed by atoms with van der Waals surface area (Å²) in [6.07, 6.45) is 2.29. The lowest BCUT2D eigenvalue weighted by Crippen LogP contribution is -2.49. The minimum Gasteiger partial charge on any atom is -0.490 e. The molecule has 104 valence electrons. The van der Waals surface area contributed by atoms with Crippen LogP contribution in [0.25, 0.3) is 0 Å². The van der Waals surface area contributed by atoms with Crippen LogP contribution in [0.4, 0.5) is 0 Å². The molecule has 0 saturated heterocycles. The first-order chi connectivity index (χ1) is 9.09. The van der Waals surface area contributed by atoms with Crippen molar-refractivity contribution in [2.45, 2.75) is 37.8 Å². The number of likely N-dealkylation sites (N-methyl/N-ethyl adjacent to an activating group) is 1. The molecule has 1 aromatic rings. The Labute approximate surface area is 114 Å². The maximum absolute atomic E-state index is 11.9. The van der Waals surface area contributed by atoms with Crippen LogP contribution >= 0.6 is 0 Å². The highest BCUT2D eigenvalue weighted by atomic mass is 16.5. The monoisotopic (exact) mass is 263 g/mol. The number of esters is 1. The predicted octanol–water partition coefficient (Wildman–Crippen LogP) is 2.06. The summed E-state index contributed by atoms with van der Waals surface area (Å²) in [5.41, 5.74) is 0.576. The second-order valence-corrected chi connectivity index (χ2v) is 5.12. The van der Waals surface area contributed by atoms with Crippen molar-refractivity contribution in [3.8, 4) is 5.75 Å². The molecule has 0 aliphatic heterocycles. The molecule has 1 saturated carbocycles. The number of carbonyl (C=O) groups excluding carboxylic acids is 1. The lowest BCUT2D eigenvalue weighted by atomic mass is 9.98. The van der Waals surface area contributed by atoms with E-state index < -0.39 is 5.54 Å². The summed E-state index contributed by atoms with van der Waals surface area (Å²) in [4.78, 5) is 11.9.